The molecule has 0 saturated carbocycles. The van der Waals surface area contributed by atoms with Crippen molar-refractivity contribution in [3.8, 4) is 0 Å². The Kier molecular flexibility index (Phi) is 10.1. The van der Waals surface area contributed by atoms with Crippen LogP contribution in [0.25, 0.3) is 0 Å². The first kappa shape index (κ1) is 30.3. The van der Waals surface area contributed by atoms with E-state index in [0.29, 0.717) is 19.3 Å². The van der Waals surface area contributed by atoms with Gasteiger partial charge in [-0.15, -0.1) is 0 Å². The molecule has 0 fully saturated rings. The Morgan fingerprint density at radius 2 is 0.853 bits per heavy atom. The van der Waals surface area contributed by atoms with Gasteiger partial charge in [0.15, 0.2) is 0 Å². The molecular formula is C25H47N3O6. The number of nitrogens with zero attached hydrogens (tertiary/aromatic N) is 3. The van der Waals surface area contributed by atoms with Crippen molar-refractivity contribution in [2.45, 2.75) is 126 Å². The van der Waals surface area contributed by atoms with Crippen molar-refractivity contribution in [2.24, 2.45) is 16.2 Å². The van der Waals surface area contributed by atoms with E-state index in [1.54, 1.807) is 0 Å². The van der Waals surface area contributed by atoms with Crippen LogP contribution >= 0.6 is 0 Å². The van der Waals surface area contributed by atoms with Gasteiger partial charge in [-0.05, 0) is 35.5 Å². The summed E-state index contributed by atoms with van der Waals surface area (Å²) < 4.78 is 2.55. The quantitative estimate of drug-likeness (QED) is 0.440. The predicted molar refractivity (Wildman–Crippen MR) is 134 cm³/mol. The minimum atomic E-state index is -0.978. The average Bonchev–Trinajstić information content (AvgIpc) is 2.62. The summed E-state index contributed by atoms with van der Waals surface area (Å²) in [6.07, 6.45) is -1.06. The van der Waals surface area contributed by atoms with E-state index < -0.39 is 35.4 Å². The lowest BCUT2D eigenvalue weighted by molar-refractivity contribution is 0.0827. The molecule has 3 atom stereocenters. The van der Waals surface area contributed by atoms with Gasteiger partial charge in [-0.1, -0.05) is 68.7 Å². The second kappa shape index (κ2) is 11.4. The topological polar surface area (TPSA) is 127 Å². The first-order chi connectivity index (χ1) is 15.3. The van der Waals surface area contributed by atoms with Crippen molar-refractivity contribution in [3.05, 3.63) is 31.5 Å². The molecule has 0 aliphatic heterocycles. The van der Waals surface area contributed by atoms with Crippen LogP contribution in [-0.2, 0) is 19.6 Å². The maximum Gasteiger partial charge on any atom is 0.336 e. The van der Waals surface area contributed by atoms with E-state index in [2.05, 4.69) is 0 Å². The van der Waals surface area contributed by atoms with Crippen LogP contribution in [0.15, 0.2) is 14.4 Å². The van der Waals surface area contributed by atoms with Gasteiger partial charge in [0.05, 0.1) is 37.9 Å². The monoisotopic (exact) mass is 485 g/mol. The fourth-order valence-electron chi connectivity index (χ4n) is 4.17. The van der Waals surface area contributed by atoms with Gasteiger partial charge in [0.1, 0.15) is 0 Å². The molecule has 1 aromatic heterocycles. The maximum atomic E-state index is 13.2. The van der Waals surface area contributed by atoms with Gasteiger partial charge in [0, 0.05) is 0 Å². The lowest BCUT2D eigenvalue weighted by Gasteiger charge is -2.27. The van der Waals surface area contributed by atoms with E-state index >= 15 is 0 Å². The van der Waals surface area contributed by atoms with Crippen LogP contribution in [0.1, 0.15) is 88.0 Å². The van der Waals surface area contributed by atoms with E-state index in [1.807, 2.05) is 62.3 Å². The fraction of sp³-hybridized carbons (Fsp3) is 0.880. The zero-order valence-electron chi connectivity index (χ0n) is 22.6. The second-order valence-electron chi connectivity index (χ2n) is 12.9. The van der Waals surface area contributed by atoms with Crippen LogP contribution in [0.4, 0.5) is 0 Å². The maximum absolute atomic E-state index is 13.2. The second-order valence-corrected chi connectivity index (χ2v) is 12.9. The summed E-state index contributed by atoms with van der Waals surface area (Å²) in [6, 6.07) is 0. The Hall–Kier alpha value is -1.71. The number of rotatable bonds is 11. The largest absolute Gasteiger partial charge is 0.391 e. The third-order valence-electron chi connectivity index (χ3n) is 6.01. The number of aliphatic hydroxyl groups excluding tert-OH is 3. The molecule has 3 unspecified atom stereocenters. The summed E-state index contributed by atoms with van der Waals surface area (Å²) in [5, 5.41) is 31.7. The van der Waals surface area contributed by atoms with Crippen molar-refractivity contribution in [2.75, 3.05) is 0 Å². The van der Waals surface area contributed by atoms with Crippen molar-refractivity contribution < 1.29 is 15.3 Å². The Labute approximate surface area is 203 Å². The lowest BCUT2D eigenvalue weighted by atomic mass is 9.84. The zero-order valence-corrected chi connectivity index (χ0v) is 22.6. The number of hydrogen-bond acceptors (Lipinski definition) is 6. The van der Waals surface area contributed by atoms with E-state index in [-0.39, 0.29) is 35.9 Å². The molecule has 198 valence electrons. The third kappa shape index (κ3) is 9.50. The first-order valence-electron chi connectivity index (χ1n) is 12.2. The lowest BCUT2D eigenvalue weighted by Crippen LogP contribution is -2.57. The van der Waals surface area contributed by atoms with Gasteiger partial charge in [-0.25, -0.2) is 28.1 Å². The molecular weight excluding hydrogens is 438 g/mol. The summed E-state index contributed by atoms with van der Waals surface area (Å²) in [5.74, 6) is 0. The molecule has 0 aliphatic carbocycles. The number of aromatic nitrogens is 3. The van der Waals surface area contributed by atoms with Gasteiger partial charge >= 0.3 is 17.1 Å². The molecule has 0 spiro atoms. The van der Waals surface area contributed by atoms with Crippen LogP contribution in [-0.4, -0.2) is 47.3 Å². The van der Waals surface area contributed by atoms with Gasteiger partial charge < -0.3 is 15.3 Å². The minimum Gasteiger partial charge on any atom is -0.391 e. The first-order valence-corrected chi connectivity index (χ1v) is 12.2. The summed E-state index contributed by atoms with van der Waals surface area (Å²) in [6.45, 7) is 16.8. The molecule has 0 aliphatic rings. The van der Waals surface area contributed by atoms with Crippen molar-refractivity contribution in [1.29, 1.82) is 0 Å². The number of hydrogen-bond donors (Lipinski definition) is 3. The molecule has 0 radical (unpaired) electrons. The number of aliphatic hydroxyl groups is 3. The van der Waals surface area contributed by atoms with Crippen LogP contribution in [0, 0.1) is 16.2 Å². The summed E-state index contributed by atoms with van der Waals surface area (Å²) in [7, 11) is 0. The van der Waals surface area contributed by atoms with E-state index in [1.165, 1.54) is 0 Å². The highest BCUT2D eigenvalue weighted by Gasteiger charge is 2.26. The van der Waals surface area contributed by atoms with Gasteiger partial charge in [-0.3, -0.25) is 0 Å². The summed E-state index contributed by atoms with van der Waals surface area (Å²) in [4.78, 5) is 39.5. The summed E-state index contributed by atoms with van der Waals surface area (Å²) >= 11 is 0. The van der Waals surface area contributed by atoms with Crippen LogP contribution in [0.3, 0.4) is 0 Å². The SMILES string of the molecule is CCC(C)(C)CC(O)Cn1c(=O)n(CC(O)CC(C)(C)C)c(=O)n(CC(O)CC(C)(C)C)c1=O. The highest BCUT2D eigenvalue weighted by Crippen LogP contribution is 2.26. The van der Waals surface area contributed by atoms with Crippen LogP contribution in [0.5, 0.6) is 0 Å². The van der Waals surface area contributed by atoms with Crippen LogP contribution in [0.2, 0.25) is 0 Å². The van der Waals surface area contributed by atoms with Crippen molar-refractivity contribution in [1.82, 2.24) is 13.7 Å². The minimum absolute atomic E-state index is 0.192. The van der Waals surface area contributed by atoms with Gasteiger partial charge in [0.25, 0.3) is 0 Å². The smallest absolute Gasteiger partial charge is 0.336 e. The molecule has 3 N–H and O–H groups in total. The highest BCUT2D eigenvalue weighted by molar-refractivity contribution is 4.84. The standard InChI is InChI=1S/C25H47N3O6/c1-10-25(8,9)13-19(31)16-28-21(33)26(14-17(29)11-23(2,3)4)20(32)27(22(28)34)15-18(30)12-24(5,6)7/h17-19,29-31H,10-16H2,1-9H3. The molecule has 1 heterocycles. The highest BCUT2D eigenvalue weighted by atomic mass is 16.3. The molecule has 1 rings (SSSR count). The molecule has 9 nitrogen and oxygen atoms in total. The third-order valence-corrected chi connectivity index (χ3v) is 6.01. The molecule has 34 heavy (non-hydrogen) atoms. The van der Waals surface area contributed by atoms with E-state index in [4.69, 9.17) is 0 Å². The Morgan fingerprint density at radius 1 is 0.588 bits per heavy atom. The zero-order chi connectivity index (χ0) is 26.6. The van der Waals surface area contributed by atoms with Gasteiger partial charge in [-0.2, -0.15) is 0 Å². The van der Waals surface area contributed by atoms with E-state index in [0.717, 1.165) is 20.1 Å². The summed E-state index contributed by atoms with van der Waals surface area (Å²) in [5.41, 5.74) is -3.25. The molecule has 1 aromatic rings. The van der Waals surface area contributed by atoms with Crippen LogP contribution < -0.4 is 17.1 Å². The molecule has 0 amide bonds. The molecule has 0 bridgehead atoms. The molecule has 0 saturated heterocycles. The Balaban J connectivity index is 3.52. The Morgan fingerprint density at radius 3 is 1.09 bits per heavy atom. The van der Waals surface area contributed by atoms with E-state index in [9.17, 15) is 29.7 Å². The van der Waals surface area contributed by atoms with Gasteiger partial charge in [0.2, 0.25) is 0 Å². The fourth-order valence-corrected chi connectivity index (χ4v) is 4.17. The Bertz CT molecular complexity index is 913. The van der Waals surface area contributed by atoms with Crippen molar-refractivity contribution >= 4 is 0 Å². The average molecular weight is 486 g/mol. The predicted octanol–water partition coefficient (Wildman–Crippen LogP) is 1.95. The molecule has 9 heteroatoms. The molecule has 0 aromatic carbocycles. The normalized spacial score (nSPS) is 15.9. The van der Waals surface area contributed by atoms with Crippen molar-refractivity contribution in [3.63, 3.8) is 0 Å².